The van der Waals surface area contributed by atoms with Gasteiger partial charge in [0.1, 0.15) is 5.75 Å². The van der Waals surface area contributed by atoms with Gasteiger partial charge in [-0.05, 0) is 48.4 Å². The Hall–Kier alpha value is -1.28. The van der Waals surface area contributed by atoms with E-state index in [1.807, 2.05) is 24.3 Å². The first-order valence-corrected chi connectivity index (χ1v) is 5.72. The lowest BCUT2D eigenvalue weighted by Crippen LogP contribution is -2.20. The number of fused-ring (bicyclic) bond motifs is 1. The molecule has 2 rings (SSSR count). The second kappa shape index (κ2) is 4.71. The highest BCUT2D eigenvalue weighted by atomic mass is 16.5. The van der Waals surface area contributed by atoms with Gasteiger partial charge in [0.25, 0.3) is 0 Å². The van der Waals surface area contributed by atoms with Crippen molar-refractivity contribution in [1.29, 1.82) is 0 Å². The summed E-state index contributed by atoms with van der Waals surface area (Å²) >= 11 is 0. The molecule has 0 fully saturated rings. The fourth-order valence-corrected chi connectivity index (χ4v) is 2.43. The third-order valence-electron chi connectivity index (χ3n) is 3.37. The van der Waals surface area contributed by atoms with Crippen LogP contribution >= 0.6 is 0 Å². The van der Waals surface area contributed by atoms with Crippen LogP contribution in [0.15, 0.2) is 30.9 Å². The van der Waals surface area contributed by atoms with E-state index in [9.17, 15) is 5.11 Å². The fourth-order valence-electron chi connectivity index (χ4n) is 2.43. The first kappa shape index (κ1) is 11.2. The van der Waals surface area contributed by atoms with E-state index < -0.39 is 0 Å². The summed E-state index contributed by atoms with van der Waals surface area (Å²) in [5.74, 6) is 1.19. The van der Waals surface area contributed by atoms with Crippen molar-refractivity contribution in [1.82, 2.24) is 0 Å². The molecule has 0 amide bonds. The Morgan fingerprint density at radius 3 is 3.06 bits per heavy atom. The van der Waals surface area contributed by atoms with Crippen molar-refractivity contribution in [2.45, 2.75) is 25.4 Å². The van der Waals surface area contributed by atoms with Gasteiger partial charge in [-0.1, -0.05) is 12.1 Å². The second-order valence-corrected chi connectivity index (χ2v) is 4.33. The largest absolute Gasteiger partial charge is 0.497 e. The molecule has 0 aliphatic heterocycles. The van der Waals surface area contributed by atoms with Gasteiger partial charge in [-0.25, -0.2) is 0 Å². The monoisotopic (exact) mass is 218 g/mol. The smallest absolute Gasteiger partial charge is 0.119 e. The maximum absolute atomic E-state index is 10.2. The summed E-state index contributed by atoms with van der Waals surface area (Å²) in [5, 5.41) is 10.2. The highest BCUT2D eigenvalue weighted by molar-refractivity contribution is 5.38. The quantitative estimate of drug-likeness (QED) is 0.790. The molecule has 0 saturated heterocycles. The standard InChI is InChI=1S/C14H18O2/c1-3-4-10-5-6-11-9-12(16-2)7-8-13(11)14(10)15/h3,7-10,14-15H,1,4-6H2,2H3/t10-,14?/m0/s1. The van der Waals surface area contributed by atoms with E-state index in [2.05, 4.69) is 6.58 Å². The SMILES string of the molecule is C=CC[C@H]1CCc2cc(OC)ccc2C1O. The van der Waals surface area contributed by atoms with Gasteiger partial charge < -0.3 is 9.84 Å². The molecule has 0 heterocycles. The Morgan fingerprint density at radius 1 is 1.56 bits per heavy atom. The number of ether oxygens (including phenoxy) is 1. The molecule has 1 N–H and O–H groups in total. The number of aliphatic hydroxyl groups excluding tert-OH is 1. The van der Waals surface area contributed by atoms with E-state index in [4.69, 9.17) is 4.74 Å². The Morgan fingerprint density at radius 2 is 2.38 bits per heavy atom. The summed E-state index contributed by atoms with van der Waals surface area (Å²) in [6.45, 7) is 3.74. The lowest BCUT2D eigenvalue weighted by atomic mass is 9.80. The normalized spacial score (nSPS) is 23.6. The molecular formula is C14H18O2. The first-order valence-electron chi connectivity index (χ1n) is 5.72. The van der Waals surface area contributed by atoms with E-state index >= 15 is 0 Å². The number of hydrogen-bond donors (Lipinski definition) is 1. The van der Waals surface area contributed by atoms with Gasteiger partial charge in [0.15, 0.2) is 0 Å². The van der Waals surface area contributed by atoms with Crippen molar-refractivity contribution >= 4 is 0 Å². The summed E-state index contributed by atoms with van der Waals surface area (Å²) in [6.07, 6.45) is 4.46. The molecule has 0 aromatic heterocycles. The van der Waals surface area contributed by atoms with Gasteiger partial charge in [-0.2, -0.15) is 0 Å². The van der Waals surface area contributed by atoms with E-state index in [1.54, 1.807) is 7.11 Å². The minimum absolute atomic E-state index is 0.318. The molecule has 0 spiro atoms. The highest BCUT2D eigenvalue weighted by Crippen LogP contribution is 2.37. The summed E-state index contributed by atoms with van der Waals surface area (Å²) in [5.41, 5.74) is 2.27. The van der Waals surface area contributed by atoms with E-state index in [0.717, 1.165) is 30.6 Å². The predicted octanol–water partition coefficient (Wildman–Crippen LogP) is 2.87. The molecule has 0 bridgehead atoms. The van der Waals surface area contributed by atoms with Crippen LogP contribution in [0, 0.1) is 5.92 Å². The van der Waals surface area contributed by atoms with Crippen molar-refractivity contribution < 1.29 is 9.84 Å². The minimum Gasteiger partial charge on any atom is -0.497 e. The molecule has 1 aromatic carbocycles. The number of rotatable bonds is 3. The average Bonchev–Trinajstić information content (AvgIpc) is 2.32. The molecule has 0 radical (unpaired) electrons. The minimum atomic E-state index is -0.354. The molecule has 16 heavy (non-hydrogen) atoms. The van der Waals surface area contributed by atoms with Crippen LogP contribution in [0.25, 0.3) is 0 Å². The number of aryl methyl sites for hydroxylation is 1. The summed E-state index contributed by atoms with van der Waals surface area (Å²) in [7, 11) is 1.67. The number of methoxy groups -OCH3 is 1. The van der Waals surface area contributed by atoms with Crippen molar-refractivity contribution in [3.05, 3.63) is 42.0 Å². The van der Waals surface area contributed by atoms with Gasteiger partial charge in [0.05, 0.1) is 13.2 Å². The molecule has 1 aliphatic rings. The van der Waals surface area contributed by atoms with Gasteiger partial charge in [0.2, 0.25) is 0 Å². The van der Waals surface area contributed by atoms with Crippen molar-refractivity contribution in [2.24, 2.45) is 5.92 Å². The molecule has 1 aliphatic carbocycles. The molecule has 0 saturated carbocycles. The van der Waals surface area contributed by atoms with Gasteiger partial charge >= 0.3 is 0 Å². The third kappa shape index (κ3) is 1.98. The van der Waals surface area contributed by atoms with E-state index in [1.165, 1.54) is 5.56 Å². The molecule has 2 nitrogen and oxygen atoms in total. The topological polar surface area (TPSA) is 29.5 Å². The first-order chi connectivity index (χ1) is 7.76. The van der Waals surface area contributed by atoms with Crippen LogP contribution in [0.1, 0.15) is 30.1 Å². The van der Waals surface area contributed by atoms with Crippen LogP contribution in [0.5, 0.6) is 5.75 Å². The molecular weight excluding hydrogens is 200 g/mol. The Labute approximate surface area is 96.6 Å². The maximum atomic E-state index is 10.2. The zero-order valence-electron chi connectivity index (χ0n) is 9.65. The Balaban J connectivity index is 2.27. The van der Waals surface area contributed by atoms with Crippen molar-refractivity contribution in [3.8, 4) is 5.75 Å². The van der Waals surface area contributed by atoms with Gasteiger partial charge in [0, 0.05) is 0 Å². The maximum Gasteiger partial charge on any atom is 0.119 e. The molecule has 1 aromatic rings. The van der Waals surface area contributed by atoms with Crippen LogP contribution in [-0.2, 0) is 6.42 Å². The van der Waals surface area contributed by atoms with E-state index in [-0.39, 0.29) is 6.10 Å². The van der Waals surface area contributed by atoms with Gasteiger partial charge in [-0.3, -0.25) is 0 Å². The molecule has 2 atom stereocenters. The van der Waals surface area contributed by atoms with Crippen LogP contribution in [0.4, 0.5) is 0 Å². The number of aliphatic hydroxyl groups is 1. The van der Waals surface area contributed by atoms with Crippen LogP contribution < -0.4 is 4.74 Å². The zero-order chi connectivity index (χ0) is 11.5. The summed E-state index contributed by atoms with van der Waals surface area (Å²) in [4.78, 5) is 0. The van der Waals surface area contributed by atoms with Gasteiger partial charge in [-0.15, -0.1) is 6.58 Å². The summed E-state index contributed by atoms with van der Waals surface area (Å²) < 4.78 is 5.19. The number of benzene rings is 1. The zero-order valence-corrected chi connectivity index (χ0v) is 9.65. The lowest BCUT2D eigenvalue weighted by Gasteiger charge is -2.29. The third-order valence-corrected chi connectivity index (χ3v) is 3.37. The number of allylic oxidation sites excluding steroid dienone is 1. The van der Waals surface area contributed by atoms with Crippen LogP contribution in [-0.4, -0.2) is 12.2 Å². The number of hydrogen-bond acceptors (Lipinski definition) is 2. The summed E-state index contributed by atoms with van der Waals surface area (Å²) in [6, 6.07) is 5.93. The van der Waals surface area contributed by atoms with Crippen molar-refractivity contribution in [3.63, 3.8) is 0 Å². The Bertz CT molecular complexity index is 384. The molecule has 1 unspecified atom stereocenters. The fraction of sp³-hybridized carbons (Fsp3) is 0.429. The Kier molecular flexibility index (Phi) is 3.30. The predicted molar refractivity (Wildman–Crippen MR) is 64.6 cm³/mol. The molecule has 2 heteroatoms. The second-order valence-electron chi connectivity index (χ2n) is 4.33. The lowest BCUT2D eigenvalue weighted by molar-refractivity contribution is 0.0951. The van der Waals surface area contributed by atoms with Crippen LogP contribution in [0.3, 0.4) is 0 Å². The van der Waals surface area contributed by atoms with Crippen molar-refractivity contribution in [2.75, 3.05) is 7.11 Å². The highest BCUT2D eigenvalue weighted by Gasteiger charge is 2.26. The average molecular weight is 218 g/mol. The van der Waals surface area contributed by atoms with Crippen LogP contribution in [0.2, 0.25) is 0 Å². The van der Waals surface area contributed by atoms with E-state index in [0.29, 0.717) is 5.92 Å². The molecule has 86 valence electrons.